The zero-order chi connectivity index (χ0) is 24.0. The van der Waals surface area contributed by atoms with E-state index in [9.17, 15) is 14.7 Å². The second-order valence-electron chi connectivity index (χ2n) is 11.5. The van der Waals surface area contributed by atoms with Crippen molar-refractivity contribution < 1.29 is 18.7 Å². The Morgan fingerprint density at radius 1 is 1.00 bits per heavy atom. The van der Waals surface area contributed by atoms with Crippen LogP contribution in [0.1, 0.15) is 47.8 Å². The average molecular weight is 473 g/mol. The SMILES string of the molecule is CC(C)(C)[Si](C)(C)OC1C(O[Si](C)(C)C(C)(C)C)[C@@H](CO)O[C@H]1n1ccc(=O)[nH]c1=O. The number of aromatic amines is 1. The van der Waals surface area contributed by atoms with Gasteiger partial charge in [-0.2, -0.15) is 0 Å². The lowest BCUT2D eigenvalue weighted by Gasteiger charge is -2.44. The van der Waals surface area contributed by atoms with Crippen molar-refractivity contribution in [3.05, 3.63) is 33.1 Å². The minimum atomic E-state index is -2.29. The lowest BCUT2D eigenvalue weighted by atomic mass is 10.1. The van der Waals surface area contributed by atoms with Gasteiger partial charge in [0, 0.05) is 12.3 Å². The van der Waals surface area contributed by atoms with Crippen molar-refractivity contribution in [2.75, 3.05) is 6.61 Å². The van der Waals surface area contributed by atoms with Crippen molar-refractivity contribution in [3.63, 3.8) is 0 Å². The summed E-state index contributed by atoms with van der Waals surface area (Å²) >= 11 is 0. The summed E-state index contributed by atoms with van der Waals surface area (Å²) in [6, 6.07) is 1.28. The molecule has 1 aromatic rings. The number of hydrogen-bond acceptors (Lipinski definition) is 6. The van der Waals surface area contributed by atoms with Gasteiger partial charge in [-0.1, -0.05) is 41.5 Å². The maximum Gasteiger partial charge on any atom is 0.330 e. The van der Waals surface area contributed by atoms with Crippen LogP contribution in [-0.2, 0) is 13.6 Å². The molecule has 0 bridgehead atoms. The maximum absolute atomic E-state index is 12.6. The molecule has 31 heavy (non-hydrogen) atoms. The third-order valence-electron chi connectivity index (χ3n) is 7.06. The van der Waals surface area contributed by atoms with E-state index in [1.54, 1.807) is 0 Å². The molecule has 8 nitrogen and oxygen atoms in total. The Labute approximate surface area is 187 Å². The number of aromatic nitrogens is 2. The van der Waals surface area contributed by atoms with Crippen molar-refractivity contribution in [1.29, 1.82) is 0 Å². The molecule has 1 aromatic heterocycles. The summed E-state index contributed by atoms with van der Waals surface area (Å²) in [6.07, 6.45) is -1.19. The first kappa shape index (κ1) is 26.2. The topological polar surface area (TPSA) is 103 Å². The Morgan fingerprint density at radius 3 is 1.90 bits per heavy atom. The zero-order valence-electron chi connectivity index (χ0n) is 20.6. The number of aliphatic hydroxyl groups excluding tert-OH is 1. The number of rotatable bonds is 6. The van der Waals surface area contributed by atoms with Crippen molar-refractivity contribution in [3.8, 4) is 0 Å². The molecule has 178 valence electrons. The normalized spacial score (nSPS) is 25.8. The Balaban J connectivity index is 2.57. The number of H-pyrrole nitrogens is 1. The van der Waals surface area contributed by atoms with E-state index in [-0.39, 0.29) is 16.7 Å². The summed E-state index contributed by atoms with van der Waals surface area (Å²) in [4.78, 5) is 26.4. The highest BCUT2D eigenvalue weighted by Gasteiger charge is 2.54. The van der Waals surface area contributed by atoms with Crippen LogP contribution in [0.5, 0.6) is 0 Å². The van der Waals surface area contributed by atoms with Crippen LogP contribution < -0.4 is 11.2 Å². The van der Waals surface area contributed by atoms with E-state index < -0.39 is 52.4 Å². The highest BCUT2D eigenvalue weighted by molar-refractivity contribution is 6.74. The number of hydrogen-bond donors (Lipinski definition) is 2. The fourth-order valence-electron chi connectivity index (χ4n) is 3.01. The molecule has 0 amide bonds. The first-order chi connectivity index (χ1) is 13.9. The van der Waals surface area contributed by atoms with Gasteiger partial charge in [-0.15, -0.1) is 0 Å². The molecule has 1 saturated heterocycles. The van der Waals surface area contributed by atoms with Crippen LogP contribution in [-0.4, -0.2) is 56.2 Å². The van der Waals surface area contributed by atoms with Crippen molar-refractivity contribution in [2.45, 2.75) is 102 Å². The average Bonchev–Trinajstić information content (AvgIpc) is 2.89. The molecule has 2 heterocycles. The fraction of sp³-hybridized carbons (Fsp3) is 0.810. The van der Waals surface area contributed by atoms with Gasteiger partial charge in [-0.3, -0.25) is 14.3 Å². The zero-order valence-corrected chi connectivity index (χ0v) is 22.6. The molecule has 0 saturated carbocycles. The van der Waals surface area contributed by atoms with Gasteiger partial charge in [0.25, 0.3) is 5.56 Å². The highest BCUT2D eigenvalue weighted by atomic mass is 28.4. The minimum Gasteiger partial charge on any atom is -0.408 e. The molecule has 2 N–H and O–H groups in total. The Bertz CT molecular complexity index is 881. The predicted molar refractivity (Wildman–Crippen MR) is 126 cm³/mol. The van der Waals surface area contributed by atoms with Crippen LogP contribution in [0.2, 0.25) is 36.3 Å². The molecule has 0 spiro atoms. The predicted octanol–water partition coefficient (Wildman–Crippen LogP) is 3.21. The van der Waals surface area contributed by atoms with Gasteiger partial charge in [-0.05, 0) is 36.3 Å². The van der Waals surface area contributed by atoms with E-state index in [0.717, 1.165) is 0 Å². The number of nitrogens with one attached hydrogen (secondary N) is 1. The van der Waals surface area contributed by atoms with Crippen LogP contribution in [0.4, 0.5) is 0 Å². The molecule has 10 heteroatoms. The van der Waals surface area contributed by atoms with Gasteiger partial charge in [0.1, 0.15) is 18.3 Å². The summed E-state index contributed by atoms with van der Waals surface area (Å²) in [7, 11) is -4.54. The van der Waals surface area contributed by atoms with Crippen LogP contribution in [0.3, 0.4) is 0 Å². The first-order valence-electron chi connectivity index (χ1n) is 10.8. The smallest absolute Gasteiger partial charge is 0.330 e. The van der Waals surface area contributed by atoms with Gasteiger partial charge in [0.15, 0.2) is 22.9 Å². The monoisotopic (exact) mass is 472 g/mol. The van der Waals surface area contributed by atoms with Crippen LogP contribution >= 0.6 is 0 Å². The van der Waals surface area contributed by atoms with E-state index in [0.29, 0.717) is 0 Å². The largest absolute Gasteiger partial charge is 0.408 e. The summed E-state index contributed by atoms with van der Waals surface area (Å²) in [5.74, 6) is 0. The van der Waals surface area contributed by atoms with Crippen molar-refractivity contribution in [2.24, 2.45) is 0 Å². The standard InChI is InChI=1S/C21H40N2O6Si2/c1-20(2,3)30(7,8)28-16-14(13-24)27-18(23-12-11-15(25)22-19(23)26)17(16)29-31(9,10)21(4,5)6/h11-12,14,16-18,24H,13H2,1-10H3,(H,22,25,26)/t14-,16?,17?,18-/m1/s1. The number of nitrogens with zero attached hydrogens (tertiary/aromatic N) is 1. The summed E-state index contributed by atoms with van der Waals surface area (Å²) in [5.41, 5.74) is -1.06. The summed E-state index contributed by atoms with van der Waals surface area (Å²) < 4.78 is 21.0. The fourth-order valence-corrected chi connectivity index (χ4v) is 5.61. The summed E-state index contributed by atoms with van der Waals surface area (Å²) in [5, 5.41) is 9.98. The third-order valence-corrected chi connectivity index (χ3v) is 16.0. The van der Waals surface area contributed by atoms with E-state index >= 15 is 0 Å². The summed E-state index contributed by atoms with van der Waals surface area (Å²) in [6.45, 7) is 21.2. The second kappa shape index (κ2) is 8.71. The number of aliphatic hydroxyl groups is 1. The van der Waals surface area contributed by atoms with Gasteiger partial charge < -0.3 is 18.7 Å². The molecule has 4 atom stereocenters. The molecule has 0 aromatic carbocycles. The molecular formula is C21H40N2O6Si2. The molecule has 0 radical (unpaired) electrons. The van der Waals surface area contributed by atoms with Gasteiger partial charge >= 0.3 is 5.69 Å². The third kappa shape index (κ3) is 5.48. The van der Waals surface area contributed by atoms with E-state index in [1.807, 2.05) is 0 Å². The second-order valence-corrected chi connectivity index (χ2v) is 21.0. The maximum atomic E-state index is 12.6. The number of ether oxygens (including phenoxy) is 1. The van der Waals surface area contributed by atoms with Gasteiger partial charge in [-0.25, -0.2) is 4.79 Å². The van der Waals surface area contributed by atoms with Crippen molar-refractivity contribution >= 4 is 16.6 Å². The molecular weight excluding hydrogens is 432 g/mol. The first-order valence-corrected chi connectivity index (χ1v) is 16.7. The lowest BCUT2D eigenvalue weighted by molar-refractivity contribution is -0.0529. The molecule has 0 aliphatic carbocycles. The van der Waals surface area contributed by atoms with Gasteiger partial charge in [0.2, 0.25) is 0 Å². The van der Waals surface area contributed by atoms with Crippen molar-refractivity contribution in [1.82, 2.24) is 9.55 Å². The molecule has 1 aliphatic heterocycles. The van der Waals surface area contributed by atoms with Gasteiger partial charge in [0.05, 0.1) is 6.61 Å². The Hall–Kier alpha value is -1.05. The minimum absolute atomic E-state index is 0.0541. The Kier molecular flexibility index (Phi) is 7.37. The van der Waals surface area contributed by atoms with E-state index in [1.165, 1.54) is 16.8 Å². The Morgan fingerprint density at radius 2 is 1.48 bits per heavy atom. The van der Waals surface area contributed by atoms with Crippen LogP contribution in [0.25, 0.3) is 0 Å². The molecule has 1 aliphatic rings. The highest BCUT2D eigenvalue weighted by Crippen LogP contribution is 2.45. The molecule has 2 rings (SSSR count). The van der Waals surface area contributed by atoms with Crippen LogP contribution in [0, 0.1) is 0 Å². The lowest BCUT2D eigenvalue weighted by Crippen LogP contribution is -2.54. The van der Waals surface area contributed by atoms with Crippen LogP contribution in [0.15, 0.2) is 21.9 Å². The quantitative estimate of drug-likeness (QED) is 0.616. The molecule has 1 fully saturated rings. The molecule has 2 unspecified atom stereocenters. The van der Waals surface area contributed by atoms with E-state index in [2.05, 4.69) is 72.7 Å². The van der Waals surface area contributed by atoms with E-state index in [4.69, 9.17) is 13.6 Å².